The van der Waals surface area contributed by atoms with Crippen LogP contribution in [-0.2, 0) is 23.9 Å². The van der Waals surface area contributed by atoms with E-state index in [1.807, 2.05) is 24.3 Å². The predicted molar refractivity (Wildman–Crippen MR) is 216 cm³/mol. The number of methoxy groups -OCH3 is 2. The Kier molecular flexibility index (Phi) is 23.5. The Morgan fingerprint density at radius 2 is 1.56 bits per heavy atom. The first-order valence-corrected chi connectivity index (χ1v) is 21.0. The monoisotopic (exact) mass is 778 g/mol. The number of aliphatic hydroxyl groups is 2. The van der Waals surface area contributed by atoms with Crippen molar-refractivity contribution in [2.45, 2.75) is 166 Å². The third-order valence-corrected chi connectivity index (χ3v) is 12.5. The molecule has 0 bridgehead atoms. The number of carbonyl (C=O) groups is 3. The minimum Gasteiger partial charge on any atom is -0.481 e. The van der Waals surface area contributed by atoms with Crippen LogP contribution >= 0.6 is 11.6 Å². The molecule has 0 spiro atoms. The highest BCUT2D eigenvalue weighted by molar-refractivity contribution is 6.21. The SMILES string of the molecule is CCC1(C(O)C/C=C/[C@@H]2[C@@H](C/C=C\CCCC(=O)O)[C@H](Cl)C[C@H]2O)CCC1.CCCCC[C@@H](/C=C/[C@H]1[C@H](OC)CC(=O)[C@@H]1C/C=C\CCCC(=O)O)OC. The van der Waals surface area contributed by atoms with Crippen LogP contribution in [0, 0.1) is 29.1 Å². The van der Waals surface area contributed by atoms with E-state index in [4.69, 9.17) is 31.3 Å². The molecule has 10 heteroatoms. The number of aliphatic hydroxyl groups excluding tert-OH is 2. The van der Waals surface area contributed by atoms with Gasteiger partial charge in [0.05, 0.1) is 24.4 Å². The standard InChI is InChI=1S/C22H35ClO4.C22H36O5/c1-2-22(13-8-14-22)20(25)11-7-10-17-16(18(23)15-19(17)24)9-5-3-4-6-12-21(26)27;1-4-5-8-11-17(26-2)14-15-19-18(20(23)16-21(19)27-3)12-9-6-7-10-13-22(24)25/h3,5,7,10,16-20,24-25H,2,4,6,8-9,11-15H2,1H3,(H,26,27);6,9,14-15,17-19,21H,4-5,7-8,10-13,16H2,1-3H3,(H,24,25)/b5-3-,10-7+;9-6-,15-14+/t16-,17-,18-,19-,20?;17-,18+,19+,21+/m10/s1. The molecule has 4 N–H and O–H groups in total. The summed E-state index contributed by atoms with van der Waals surface area (Å²) in [7, 11) is 3.39. The van der Waals surface area contributed by atoms with E-state index in [2.05, 4.69) is 38.2 Å². The molecule has 9 atom stereocenters. The van der Waals surface area contributed by atoms with Gasteiger partial charge < -0.3 is 29.9 Å². The van der Waals surface area contributed by atoms with Crippen molar-refractivity contribution >= 4 is 29.3 Å². The number of hydrogen-bond donors (Lipinski definition) is 4. The van der Waals surface area contributed by atoms with Gasteiger partial charge in [-0.15, -0.1) is 11.6 Å². The quantitative estimate of drug-likeness (QED) is 0.0404. The fourth-order valence-electron chi connectivity index (χ4n) is 8.19. The van der Waals surface area contributed by atoms with Crippen LogP contribution in [-0.4, -0.2) is 82.2 Å². The Morgan fingerprint density at radius 1 is 0.907 bits per heavy atom. The molecule has 0 aromatic heterocycles. The minimum atomic E-state index is -0.769. The number of halogens is 1. The fraction of sp³-hybridized carbons (Fsp3) is 0.750. The Morgan fingerprint density at radius 3 is 2.09 bits per heavy atom. The van der Waals surface area contributed by atoms with Gasteiger partial charge in [0.2, 0.25) is 0 Å². The van der Waals surface area contributed by atoms with Gasteiger partial charge in [0.1, 0.15) is 5.78 Å². The van der Waals surface area contributed by atoms with E-state index in [1.54, 1.807) is 14.2 Å². The molecular formula is C44H71ClO9. The van der Waals surface area contributed by atoms with Crippen molar-refractivity contribution in [1.82, 2.24) is 0 Å². The molecule has 0 aromatic carbocycles. The number of alkyl halides is 1. The van der Waals surface area contributed by atoms with Crippen LogP contribution in [0.5, 0.6) is 0 Å². The van der Waals surface area contributed by atoms with E-state index < -0.39 is 18.0 Å². The maximum Gasteiger partial charge on any atom is 0.303 e. The molecule has 0 radical (unpaired) electrons. The van der Waals surface area contributed by atoms with Crippen LogP contribution in [0.2, 0.25) is 0 Å². The van der Waals surface area contributed by atoms with E-state index in [1.165, 1.54) is 19.3 Å². The number of carboxylic acids is 2. The average Bonchev–Trinajstić information content (AvgIpc) is 3.57. The topological polar surface area (TPSA) is 151 Å². The van der Waals surface area contributed by atoms with Crippen molar-refractivity contribution in [3.63, 3.8) is 0 Å². The van der Waals surface area contributed by atoms with Crippen LogP contribution in [0.25, 0.3) is 0 Å². The lowest BCUT2D eigenvalue weighted by atomic mass is 9.63. The normalized spacial score (nSPS) is 27.8. The summed E-state index contributed by atoms with van der Waals surface area (Å²) >= 11 is 6.46. The fourth-order valence-corrected chi connectivity index (χ4v) is 8.65. The lowest BCUT2D eigenvalue weighted by Gasteiger charge is -2.45. The van der Waals surface area contributed by atoms with Crippen LogP contribution in [0.1, 0.15) is 136 Å². The minimum absolute atomic E-state index is 0.0161. The van der Waals surface area contributed by atoms with Crippen molar-refractivity contribution in [3.05, 3.63) is 48.6 Å². The van der Waals surface area contributed by atoms with Crippen molar-refractivity contribution in [2.24, 2.45) is 29.1 Å². The summed E-state index contributed by atoms with van der Waals surface area (Å²) in [5.74, 6) is -1.11. The molecule has 3 saturated carbocycles. The van der Waals surface area contributed by atoms with Gasteiger partial charge >= 0.3 is 11.9 Å². The molecule has 9 nitrogen and oxygen atoms in total. The lowest BCUT2D eigenvalue weighted by molar-refractivity contribution is -0.138. The Balaban J connectivity index is 0.000000373. The van der Waals surface area contributed by atoms with Gasteiger partial charge in [0.25, 0.3) is 0 Å². The highest BCUT2D eigenvalue weighted by atomic mass is 35.5. The summed E-state index contributed by atoms with van der Waals surface area (Å²) in [5.41, 5.74) is 0.103. The van der Waals surface area contributed by atoms with Gasteiger partial charge in [-0.25, -0.2) is 0 Å². The Labute approximate surface area is 330 Å². The van der Waals surface area contributed by atoms with Gasteiger partial charge in [-0.2, -0.15) is 0 Å². The average molecular weight is 779 g/mol. The van der Waals surface area contributed by atoms with Crippen LogP contribution in [0.3, 0.4) is 0 Å². The molecule has 0 heterocycles. The zero-order chi connectivity index (χ0) is 39.9. The molecule has 3 aliphatic carbocycles. The first kappa shape index (κ1) is 47.9. The van der Waals surface area contributed by atoms with Gasteiger partial charge in [0, 0.05) is 56.6 Å². The largest absolute Gasteiger partial charge is 0.481 e. The molecule has 3 rings (SSSR count). The number of ether oxygens (including phenoxy) is 2. The first-order valence-electron chi connectivity index (χ1n) is 20.6. The van der Waals surface area contributed by atoms with Crippen molar-refractivity contribution in [3.8, 4) is 0 Å². The molecule has 308 valence electrons. The molecule has 54 heavy (non-hydrogen) atoms. The molecule has 3 fully saturated rings. The van der Waals surface area contributed by atoms with E-state index in [0.29, 0.717) is 38.5 Å². The van der Waals surface area contributed by atoms with Crippen LogP contribution in [0.4, 0.5) is 0 Å². The van der Waals surface area contributed by atoms with Gasteiger partial charge in [0.15, 0.2) is 0 Å². The second kappa shape index (κ2) is 26.5. The number of allylic oxidation sites excluding steroid dienone is 4. The summed E-state index contributed by atoms with van der Waals surface area (Å²) in [6.45, 7) is 4.34. The second-order valence-corrected chi connectivity index (χ2v) is 16.1. The highest BCUT2D eigenvalue weighted by Crippen LogP contribution is 2.48. The first-order chi connectivity index (χ1) is 25.9. The van der Waals surface area contributed by atoms with Gasteiger partial charge in [-0.3, -0.25) is 14.4 Å². The molecule has 0 saturated heterocycles. The van der Waals surface area contributed by atoms with Crippen molar-refractivity contribution < 1.29 is 44.3 Å². The summed E-state index contributed by atoms with van der Waals surface area (Å²) in [6.07, 6.45) is 30.9. The predicted octanol–water partition coefficient (Wildman–Crippen LogP) is 9.24. The Hall–Kier alpha value is -2.30. The smallest absolute Gasteiger partial charge is 0.303 e. The zero-order valence-corrected chi connectivity index (χ0v) is 34.2. The van der Waals surface area contributed by atoms with E-state index in [0.717, 1.165) is 51.4 Å². The number of hydrogen-bond acceptors (Lipinski definition) is 7. The number of Topliss-reactive ketones (excluding diaryl/α,β-unsaturated/α-hetero) is 1. The lowest BCUT2D eigenvalue weighted by Crippen LogP contribution is -2.40. The third kappa shape index (κ3) is 16.4. The van der Waals surface area contributed by atoms with E-state index >= 15 is 0 Å². The van der Waals surface area contributed by atoms with Gasteiger partial charge in [-0.05, 0) is 88.4 Å². The second-order valence-electron chi connectivity index (χ2n) is 15.6. The molecular weight excluding hydrogens is 708 g/mol. The zero-order valence-electron chi connectivity index (χ0n) is 33.5. The molecule has 1 unspecified atom stereocenters. The summed E-state index contributed by atoms with van der Waals surface area (Å²) < 4.78 is 11.1. The molecule has 0 amide bonds. The molecule has 0 aromatic rings. The van der Waals surface area contributed by atoms with Crippen LogP contribution < -0.4 is 0 Å². The summed E-state index contributed by atoms with van der Waals surface area (Å²) in [4.78, 5) is 33.5. The molecule has 0 aliphatic heterocycles. The number of aliphatic carboxylic acids is 2. The Bertz CT molecular complexity index is 1200. The number of carbonyl (C=O) groups excluding carboxylic acids is 1. The highest BCUT2D eigenvalue weighted by Gasteiger charge is 2.42. The van der Waals surface area contributed by atoms with Crippen LogP contribution in [0.15, 0.2) is 48.6 Å². The maximum atomic E-state index is 12.4. The van der Waals surface area contributed by atoms with Crippen molar-refractivity contribution in [1.29, 1.82) is 0 Å². The number of carboxylic acid groups (broad SMARTS) is 2. The summed E-state index contributed by atoms with van der Waals surface area (Å²) in [5, 5.41) is 38.2. The number of ketones is 1. The van der Waals surface area contributed by atoms with E-state index in [9.17, 15) is 24.6 Å². The summed E-state index contributed by atoms with van der Waals surface area (Å²) in [6, 6.07) is 0. The molecule has 3 aliphatic rings. The van der Waals surface area contributed by atoms with Gasteiger partial charge in [-0.1, -0.05) is 88.1 Å². The van der Waals surface area contributed by atoms with Crippen molar-refractivity contribution in [2.75, 3.05) is 14.2 Å². The maximum absolute atomic E-state index is 12.4. The van der Waals surface area contributed by atoms with E-state index in [-0.39, 0.29) is 71.4 Å². The number of rotatable bonds is 25. The number of unbranched alkanes of at least 4 members (excludes halogenated alkanes) is 4. The third-order valence-electron chi connectivity index (χ3n) is 12.0.